The molecule has 2 atom stereocenters. The van der Waals surface area contributed by atoms with Gasteiger partial charge in [-0.1, -0.05) is 26.2 Å². The minimum atomic E-state index is -0.542. The van der Waals surface area contributed by atoms with E-state index in [1.807, 2.05) is 6.07 Å². The molecule has 1 N–H and O–H groups in total. The predicted octanol–water partition coefficient (Wildman–Crippen LogP) is 1.58. The van der Waals surface area contributed by atoms with Crippen molar-refractivity contribution in [2.45, 2.75) is 39.0 Å². The van der Waals surface area contributed by atoms with Crippen molar-refractivity contribution in [2.75, 3.05) is 11.9 Å². The van der Waals surface area contributed by atoms with E-state index in [4.69, 9.17) is 0 Å². The molecule has 6 nitrogen and oxygen atoms in total. The van der Waals surface area contributed by atoms with Crippen molar-refractivity contribution in [3.8, 4) is 6.07 Å². The van der Waals surface area contributed by atoms with Crippen molar-refractivity contribution >= 4 is 5.82 Å². The van der Waals surface area contributed by atoms with Gasteiger partial charge in [0.15, 0.2) is 5.56 Å². The molecule has 1 heterocycles. The third kappa shape index (κ3) is 3.24. The fourth-order valence-corrected chi connectivity index (χ4v) is 3.37. The Balaban J connectivity index is 2.12. The van der Waals surface area contributed by atoms with E-state index in [1.54, 1.807) is 7.05 Å². The smallest absolute Gasteiger partial charge is 0.332 e. The number of nitrogens with zero attached hydrogens (tertiary/aromatic N) is 3. The maximum atomic E-state index is 12.0. The Labute approximate surface area is 130 Å². The summed E-state index contributed by atoms with van der Waals surface area (Å²) in [4.78, 5) is 24.0. The number of anilines is 1. The Bertz CT molecular complexity index is 696. The number of hydrogen-bond donors (Lipinski definition) is 1. The number of nitriles is 1. The van der Waals surface area contributed by atoms with Gasteiger partial charge in [0.05, 0.1) is 0 Å². The molecule has 0 amide bonds. The lowest BCUT2D eigenvalue weighted by Crippen LogP contribution is -2.40. The minimum Gasteiger partial charge on any atom is -0.370 e. The van der Waals surface area contributed by atoms with E-state index in [0.29, 0.717) is 18.3 Å². The lowest BCUT2D eigenvalue weighted by Gasteiger charge is -2.27. The molecule has 1 aromatic rings. The summed E-state index contributed by atoms with van der Waals surface area (Å²) in [5.74, 6) is 1.80. The summed E-state index contributed by atoms with van der Waals surface area (Å²) in [6.07, 6.45) is 6.07. The Morgan fingerprint density at radius 3 is 2.64 bits per heavy atom. The molecule has 0 aliphatic heterocycles. The normalized spacial score (nSPS) is 21.4. The molecule has 1 saturated carbocycles. The van der Waals surface area contributed by atoms with Crippen LogP contribution in [0.4, 0.5) is 5.82 Å². The van der Waals surface area contributed by atoms with Crippen molar-refractivity contribution in [3.63, 3.8) is 0 Å². The van der Waals surface area contributed by atoms with Gasteiger partial charge >= 0.3 is 5.69 Å². The average molecular weight is 304 g/mol. The molecule has 0 aromatic carbocycles. The summed E-state index contributed by atoms with van der Waals surface area (Å²) in [6.45, 7) is 2.96. The lowest BCUT2D eigenvalue weighted by molar-refractivity contribution is 0.274. The van der Waals surface area contributed by atoms with Gasteiger partial charge in [0.1, 0.15) is 11.9 Å². The maximum absolute atomic E-state index is 12.0. The number of hydrogen-bond acceptors (Lipinski definition) is 4. The third-order valence-electron chi connectivity index (χ3n) is 4.67. The average Bonchev–Trinajstić information content (AvgIpc) is 2.50. The highest BCUT2D eigenvalue weighted by Gasteiger charge is 2.19. The van der Waals surface area contributed by atoms with Gasteiger partial charge < -0.3 is 5.32 Å². The molecule has 0 bridgehead atoms. The molecular weight excluding hydrogens is 280 g/mol. The van der Waals surface area contributed by atoms with Gasteiger partial charge in [0.2, 0.25) is 0 Å². The molecule has 0 spiro atoms. The number of aromatic nitrogens is 2. The highest BCUT2D eigenvalue weighted by atomic mass is 16.2. The van der Waals surface area contributed by atoms with Crippen LogP contribution in [0.15, 0.2) is 9.59 Å². The Kier molecular flexibility index (Phi) is 5.07. The molecule has 1 aliphatic carbocycles. The quantitative estimate of drug-likeness (QED) is 0.916. The molecule has 2 rings (SSSR count). The van der Waals surface area contributed by atoms with Crippen molar-refractivity contribution in [3.05, 3.63) is 26.4 Å². The van der Waals surface area contributed by atoms with Crippen LogP contribution in [0.2, 0.25) is 0 Å². The van der Waals surface area contributed by atoms with Gasteiger partial charge in [0.25, 0.3) is 5.56 Å². The summed E-state index contributed by atoms with van der Waals surface area (Å²) < 4.78 is 2.30. The predicted molar refractivity (Wildman–Crippen MR) is 85.9 cm³/mol. The summed E-state index contributed by atoms with van der Waals surface area (Å²) >= 11 is 0. The number of rotatable bonds is 4. The fraction of sp³-hybridized carbons (Fsp3) is 0.688. The highest BCUT2D eigenvalue weighted by molar-refractivity contribution is 5.51. The molecule has 0 radical (unpaired) electrons. The molecule has 0 saturated heterocycles. The van der Waals surface area contributed by atoms with Crippen LogP contribution in [-0.4, -0.2) is 15.7 Å². The van der Waals surface area contributed by atoms with E-state index in [2.05, 4.69) is 12.2 Å². The first-order valence-corrected chi connectivity index (χ1v) is 7.89. The van der Waals surface area contributed by atoms with E-state index in [-0.39, 0.29) is 5.56 Å². The van der Waals surface area contributed by atoms with Crippen LogP contribution < -0.4 is 16.6 Å². The molecule has 6 heteroatoms. The zero-order valence-corrected chi connectivity index (χ0v) is 13.6. The lowest BCUT2D eigenvalue weighted by atomic mass is 9.81. The second kappa shape index (κ2) is 6.82. The molecule has 1 aromatic heterocycles. The van der Waals surface area contributed by atoms with Crippen molar-refractivity contribution in [2.24, 2.45) is 25.9 Å². The van der Waals surface area contributed by atoms with Crippen molar-refractivity contribution in [1.29, 1.82) is 5.26 Å². The molecule has 1 aliphatic rings. The van der Waals surface area contributed by atoms with Crippen LogP contribution in [0.5, 0.6) is 0 Å². The molecule has 2 unspecified atom stereocenters. The largest absolute Gasteiger partial charge is 0.370 e. The van der Waals surface area contributed by atoms with Crippen LogP contribution >= 0.6 is 0 Å². The molecule has 120 valence electrons. The summed E-state index contributed by atoms with van der Waals surface area (Å²) in [6, 6.07) is 1.91. The molecule has 22 heavy (non-hydrogen) atoms. The van der Waals surface area contributed by atoms with Gasteiger partial charge in [-0.15, -0.1) is 0 Å². The number of nitrogens with one attached hydrogen (secondary N) is 1. The maximum Gasteiger partial charge on any atom is 0.332 e. The van der Waals surface area contributed by atoms with Gasteiger partial charge in [-0.05, 0) is 24.7 Å². The van der Waals surface area contributed by atoms with Crippen molar-refractivity contribution in [1.82, 2.24) is 9.13 Å². The monoisotopic (exact) mass is 304 g/mol. The SMILES string of the molecule is CC1CCCC(CCNc2c(C#N)c(=O)n(C)c(=O)n2C)C1. The van der Waals surface area contributed by atoms with Crippen LogP contribution in [-0.2, 0) is 14.1 Å². The van der Waals surface area contributed by atoms with Crippen molar-refractivity contribution < 1.29 is 0 Å². The second-order valence-electron chi connectivity index (χ2n) is 6.39. The van der Waals surface area contributed by atoms with Crippen LogP contribution in [0.3, 0.4) is 0 Å². The molecular formula is C16H24N4O2. The first-order valence-electron chi connectivity index (χ1n) is 7.89. The van der Waals surface area contributed by atoms with E-state index in [0.717, 1.165) is 16.9 Å². The van der Waals surface area contributed by atoms with Crippen LogP contribution in [0, 0.1) is 23.2 Å². The van der Waals surface area contributed by atoms with Gasteiger partial charge in [-0.2, -0.15) is 5.26 Å². The second-order valence-corrected chi connectivity index (χ2v) is 6.39. The third-order valence-corrected chi connectivity index (χ3v) is 4.67. The first-order chi connectivity index (χ1) is 10.5. The van der Waals surface area contributed by atoms with E-state index < -0.39 is 11.2 Å². The van der Waals surface area contributed by atoms with E-state index in [1.165, 1.54) is 37.3 Å². The first kappa shape index (κ1) is 16.3. The highest BCUT2D eigenvalue weighted by Crippen LogP contribution is 2.30. The van der Waals surface area contributed by atoms with Gasteiger partial charge in [-0.25, -0.2) is 4.79 Å². The van der Waals surface area contributed by atoms with E-state index >= 15 is 0 Å². The standard InChI is InChI=1S/C16H24N4O2/c1-11-5-4-6-12(9-11)7-8-18-14-13(10-17)15(21)20(3)16(22)19(14)2/h11-12,18H,4-9H2,1-3H3. The topological polar surface area (TPSA) is 79.8 Å². The van der Waals surface area contributed by atoms with E-state index in [9.17, 15) is 14.9 Å². The van der Waals surface area contributed by atoms with Gasteiger partial charge in [0, 0.05) is 20.6 Å². The Morgan fingerprint density at radius 1 is 1.27 bits per heavy atom. The minimum absolute atomic E-state index is 0.00149. The van der Waals surface area contributed by atoms with Gasteiger partial charge in [-0.3, -0.25) is 13.9 Å². The Hall–Kier alpha value is -2.03. The summed E-state index contributed by atoms with van der Waals surface area (Å²) in [5, 5.41) is 12.3. The zero-order chi connectivity index (χ0) is 16.3. The summed E-state index contributed by atoms with van der Waals surface area (Å²) in [7, 11) is 2.96. The Morgan fingerprint density at radius 2 is 2.00 bits per heavy atom. The molecule has 1 fully saturated rings. The van der Waals surface area contributed by atoms with Crippen LogP contribution in [0.25, 0.3) is 0 Å². The van der Waals surface area contributed by atoms with Crippen LogP contribution in [0.1, 0.15) is 44.6 Å². The zero-order valence-electron chi connectivity index (χ0n) is 13.6. The summed E-state index contributed by atoms with van der Waals surface area (Å²) in [5.41, 5.74) is -0.959. The fourth-order valence-electron chi connectivity index (χ4n) is 3.37.